The van der Waals surface area contributed by atoms with E-state index < -0.39 is 0 Å². The Bertz CT molecular complexity index is 696. The Morgan fingerprint density at radius 3 is 2.80 bits per heavy atom. The van der Waals surface area contributed by atoms with Crippen LogP contribution in [0, 0.1) is 6.92 Å². The van der Waals surface area contributed by atoms with Crippen LogP contribution in [0.2, 0.25) is 0 Å². The smallest absolute Gasteiger partial charge is 0.231 e. The molecule has 0 unspecified atom stereocenters. The van der Waals surface area contributed by atoms with Gasteiger partial charge in [0, 0.05) is 31.4 Å². The van der Waals surface area contributed by atoms with Crippen LogP contribution >= 0.6 is 0 Å². The van der Waals surface area contributed by atoms with E-state index in [9.17, 15) is 4.79 Å². The largest absolute Gasteiger partial charge is 0.373 e. The van der Waals surface area contributed by atoms with E-state index >= 15 is 0 Å². The van der Waals surface area contributed by atoms with Crippen molar-refractivity contribution in [2.24, 2.45) is 0 Å². The number of hydrogen-bond donors (Lipinski definition) is 1. The molecule has 3 rings (SSSR count). The summed E-state index contributed by atoms with van der Waals surface area (Å²) in [6, 6.07) is 7.92. The van der Waals surface area contributed by atoms with Gasteiger partial charge in [-0.3, -0.25) is 4.79 Å². The van der Waals surface area contributed by atoms with Gasteiger partial charge in [-0.05, 0) is 24.6 Å². The third-order valence-electron chi connectivity index (χ3n) is 3.55. The molecule has 0 atom stereocenters. The molecule has 0 spiro atoms. The van der Waals surface area contributed by atoms with E-state index in [1.165, 1.54) is 0 Å². The van der Waals surface area contributed by atoms with Gasteiger partial charge in [-0.15, -0.1) is 0 Å². The quantitative estimate of drug-likeness (QED) is 0.905. The summed E-state index contributed by atoms with van der Waals surface area (Å²) in [7, 11) is 3.64. The maximum Gasteiger partial charge on any atom is 0.231 e. The second-order valence-corrected chi connectivity index (χ2v) is 4.91. The third-order valence-corrected chi connectivity index (χ3v) is 3.55. The predicted molar refractivity (Wildman–Crippen MR) is 78.9 cm³/mol. The number of aromatic nitrogens is 2. The van der Waals surface area contributed by atoms with Crippen LogP contribution in [0.3, 0.4) is 0 Å². The number of aryl methyl sites for hydroxylation is 1. The molecule has 1 aliphatic rings. The fraction of sp³-hybridized carbons (Fsp3) is 0.267. The lowest BCUT2D eigenvalue weighted by Gasteiger charge is -2.11. The summed E-state index contributed by atoms with van der Waals surface area (Å²) in [6.07, 6.45) is 0.461. The number of likely N-dealkylation sites (N-methyl/N-ethyl adjacent to an activating group) is 1. The summed E-state index contributed by atoms with van der Waals surface area (Å²) in [5.41, 5.74) is 3.91. The molecule has 1 aliphatic heterocycles. The average molecular weight is 268 g/mol. The number of carbonyl (C=O) groups excluding carboxylic acids is 1. The first-order valence-electron chi connectivity index (χ1n) is 6.52. The Morgan fingerprint density at radius 1 is 1.25 bits per heavy atom. The molecule has 5 nitrogen and oxygen atoms in total. The number of carbonyl (C=O) groups is 1. The molecule has 0 fully saturated rings. The molecule has 2 aromatic rings. The van der Waals surface area contributed by atoms with Gasteiger partial charge in [0.05, 0.1) is 12.1 Å². The van der Waals surface area contributed by atoms with Crippen LogP contribution in [0.4, 0.5) is 11.5 Å². The highest BCUT2D eigenvalue weighted by atomic mass is 16.2. The van der Waals surface area contributed by atoms with Crippen molar-refractivity contribution in [1.82, 2.24) is 9.97 Å². The first-order valence-corrected chi connectivity index (χ1v) is 6.52. The summed E-state index contributed by atoms with van der Waals surface area (Å²) in [4.78, 5) is 22.2. The van der Waals surface area contributed by atoms with E-state index in [1.54, 1.807) is 4.90 Å². The van der Waals surface area contributed by atoms with Gasteiger partial charge in [-0.2, -0.15) is 0 Å². The van der Waals surface area contributed by atoms with Crippen molar-refractivity contribution in [3.8, 4) is 11.3 Å². The maximum absolute atomic E-state index is 11.7. The SMILES string of the molecule is CNc1cc(-c2ccc3c(c2)CC(=O)N3C)nc(C)n1. The molecule has 1 amide bonds. The van der Waals surface area contributed by atoms with Crippen molar-refractivity contribution in [3.05, 3.63) is 35.7 Å². The van der Waals surface area contributed by atoms with Crippen LogP contribution in [0.5, 0.6) is 0 Å². The summed E-state index contributed by atoms with van der Waals surface area (Å²) >= 11 is 0. The Balaban J connectivity index is 2.06. The first-order chi connectivity index (χ1) is 9.58. The topological polar surface area (TPSA) is 58.1 Å². The molecule has 0 radical (unpaired) electrons. The van der Waals surface area contributed by atoms with Crippen LogP contribution in [0.25, 0.3) is 11.3 Å². The van der Waals surface area contributed by atoms with Crippen LogP contribution in [0.15, 0.2) is 24.3 Å². The Morgan fingerprint density at radius 2 is 2.05 bits per heavy atom. The molecule has 1 aromatic carbocycles. The van der Waals surface area contributed by atoms with Gasteiger partial charge >= 0.3 is 0 Å². The van der Waals surface area contributed by atoms with Gasteiger partial charge in [-0.25, -0.2) is 9.97 Å². The van der Waals surface area contributed by atoms with Crippen LogP contribution in [0.1, 0.15) is 11.4 Å². The number of amides is 1. The zero-order chi connectivity index (χ0) is 14.3. The lowest BCUT2D eigenvalue weighted by Crippen LogP contribution is -2.20. The molecule has 0 aliphatic carbocycles. The van der Waals surface area contributed by atoms with E-state index in [-0.39, 0.29) is 5.91 Å². The number of fused-ring (bicyclic) bond motifs is 1. The van der Waals surface area contributed by atoms with Crippen LogP contribution in [-0.2, 0) is 11.2 Å². The van der Waals surface area contributed by atoms with Crippen molar-refractivity contribution in [2.75, 3.05) is 24.3 Å². The summed E-state index contributed by atoms with van der Waals surface area (Å²) < 4.78 is 0. The molecule has 0 saturated heterocycles. The minimum absolute atomic E-state index is 0.131. The molecule has 0 bridgehead atoms. The number of nitrogens with one attached hydrogen (secondary N) is 1. The molecule has 20 heavy (non-hydrogen) atoms. The number of benzene rings is 1. The van der Waals surface area contributed by atoms with Crippen LogP contribution < -0.4 is 10.2 Å². The predicted octanol–water partition coefficient (Wildman–Crippen LogP) is 2.01. The molecular weight excluding hydrogens is 252 g/mol. The third kappa shape index (κ3) is 2.01. The summed E-state index contributed by atoms with van der Waals surface area (Å²) in [6.45, 7) is 1.87. The molecule has 0 saturated carbocycles. The van der Waals surface area contributed by atoms with Gasteiger partial charge in [0.25, 0.3) is 0 Å². The number of nitrogens with zero attached hydrogens (tertiary/aromatic N) is 3. The second kappa shape index (κ2) is 4.59. The Kier molecular flexibility index (Phi) is 2.89. The van der Waals surface area contributed by atoms with Crippen molar-refractivity contribution in [3.63, 3.8) is 0 Å². The van der Waals surface area contributed by atoms with E-state index in [0.717, 1.165) is 34.2 Å². The normalized spacial score (nSPS) is 13.6. The number of anilines is 2. The number of rotatable bonds is 2. The highest BCUT2D eigenvalue weighted by Crippen LogP contribution is 2.31. The van der Waals surface area contributed by atoms with Crippen molar-refractivity contribution >= 4 is 17.4 Å². The van der Waals surface area contributed by atoms with E-state index in [4.69, 9.17) is 0 Å². The average Bonchev–Trinajstić information content (AvgIpc) is 2.73. The van der Waals surface area contributed by atoms with Gasteiger partial charge in [0.15, 0.2) is 0 Å². The summed E-state index contributed by atoms with van der Waals surface area (Å²) in [5, 5.41) is 3.03. The van der Waals surface area contributed by atoms with E-state index in [0.29, 0.717) is 6.42 Å². The van der Waals surface area contributed by atoms with Gasteiger partial charge in [0.2, 0.25) is 5.91 Å². The molecule has 1 aromatic heterocycles. The van der Waals surface area contributed by atoms with Gasteiger partial charge in [0.1, 0.15) is 11.6 Å². The zero-order valence-corrected chi connectivity index (χ0v) is 11.8. The second-order valence-electron chi connectivity index (χ2n) is 4.91. The van der Waals surface area contributed by atoms with Crippen molar-refractivity contribution in [2.45, 2.75) is 13.3 Å². The molecule has 102 valence electrons. The molecule has 2 heterocycles. The number of hydrogen-bond acceptors (Lipinski definition) is 4. The zero-order valence-electron chi connectivity index (χ0n) is 11.8. The van der Waals surface area contributed by atoms with Gasteiger partial charge in [-0.1, -0.05) is 6.07 Å². The summed E-state index contributed by atoms with van der Waals surface area (Å²) in [5.74, 6) is 1.65. The monoisotopic (exact) mass is 268 g/mol. The lowest BCUT2D eigenvalue weighted by atomic mass is 10.1. The van der Waals surface area contributed by atoms with Crippen LogP contribution in [-0.4, -0.2) is 30.0 Å². The Hall–Kier alpha value is -2.43. The van der Waals surface area contributed by atoms with E-state index in [2.05, 4.69) is 15.3 Å². The minimum atomic E-state index is 0.131. The fourth-order valence-corrected chi connectivity index (χ4v) is 2.47. The Labute approximate surface area is 117 Å². The highest BCUT2D eigenvalue weighted by Gasteiger charge is 2.24. The molecule has 1 N–H and O–H groups in total. The first kappa shape index (κ1) is 12.6. The minimum Gasteiger partial charge on any atom is -0.373 e. The molecule has 5 heteroatoms. The fourth-order valence-electron chi connectivity index (χ4n) is 2.47. The molecular formula is C15H16N4O. The lowest BCUT2D eigenvalue weighted by molar-refractivity contribution is -0.117. The maximum atomic E-state index is 11.7. The van der Waals surface area contributed by atoms with Gasteiger partial charge < -0.3 is 10.2 Å². The van der Waals surface area contributed by atoms with Crippen molar-refractivity contribution in [1.29, 1.82) is 0 Å². The standard InChI is InChI=1S/C15H16N4O/c1-9-17-12(8-14(16-2)18-9)10-4-5-13-11(6-10)7-15(20)19(13)3/h4-6,8H,7H2,1-3H3,(H,16,17,18). The van der Waals surface area contributed by atoms with E-state index in [1.807, 2.05) is 45.3 Å². The highest BCUT2D eigenvalue weighted by molar-refractivity contribution is 6.01. The van der Waals surface area contributed by atoms with Crippen molar-refractivity contribution < 1.29 is 4.79 Å².